The highest BCUT2D eigenvalue weighted by Crippen LogP contribution is 2.29. The van der Waals surface area contributed by atoms with Crippen LogP contribution in [0.5, 0.6) is 0 Å². The predicted molar refractivity (Wildman–Crippen MR) is 124 cm³/mol. The minimum Gasteiger partial charge on any atom is -0.314 e. The van der Waals surface area contributed by atoms with Crippen LogP contribution in [0.2, 0.25) is 5.02 Å². The number of benzene rings is 1. The first-order valence-corrected chi connectivity index (χ1v) is 11.4. The van der Waals surface area contributed by atoms with Crippen LogP contribution in [-0.2, 0) is 6.42 Å². The molecule has 0 saturated carbocycles. The Morgan fingerprint density at radius 3 is 2.81 bits per heavy atom. The molecule has 2 aromatic heterocycles. The standard InChI is InChI=1S/C25H23ClF2N4/c26-19-12-18(20(27)13-21(19)28)25-17(8-10-30-25)22-6-7-23-24(32-22)11-15(14-31-23)4-5-16-3-1-2-9-29-16/h6-8,11-14,16,29H,1-5,9-10H2/t16-/m1/s1. The van der Waals surface area contributed by atoms with E-state index in [0.29, 0.717) is 29.6 Å². The topological polar surface area (TPSA) is 50.2 Å². The Bertz CT molecular complexity index is 1230. The quantitative estimate of drug-likeness (QED) is 0.518. The number of nitrogens with zero attached hydrogens (tertiary/aromatic N) is 3. The van der Waals surface area contributed by atoms with Crippen molar-refractivity contribution in [2.24, 2.45) is 4.99 Å². The van der Waals surface area contributed by atoms with Crippen molar-refractivity contribution in [2.45, 2.75) is 38.1 Å². The molecule has 0 radical (unpaired) electrons. The molecule has 32 heavy (non-hydrogen) atoms. The Balaban J connectivity index is 1.41. The molecule has 0 bridgehead atoms. The van der Waals surface area contributed by atoms with E-state index in [1.54, 1.807) is 0 Å². The summed E-state index contributed by atoms with van der Waals surface area (Å²) in [5, 5.41) is 3.45. The van der Waals surface area contributed by atoms with Gasteiger partial charge >= 0.3 is 0 Å². The summed E-state index contributed by atoms with van der Waals surface area (Å²) in [7, 11) is 0. The number of aryl methyl sites for hydroxylation is 1. The van der Waals surface area contributed by atoms with E-state index in [1.165, 1.54) is 25.3 Å². The van der Waals surface area contributed by atoms with Crippen LogP contribution in [-0.4, -0.2) is 34.8 Å². The number of aliphatic imine (C=N–C) groups is 1. The lowest BCUT2D eigenvalue weighted by molar-refractivity contribution is 0.383. The molecule has 1 fully saturated rings. The number of pyridine rings is 2. The van der Waals surface area contributed by atoms with E-state index in [-0.39, 0.29) is 10.6 Å². The molecule has 2 aliphatic rings. The zero-order valence-corrected chi connectivity index (χ0v) is 18.3. The van der Waals surface area contributed by atoms with E-state index >= 15 is 0 Å². The van der Waals surface area contributed by atoms with Crippen LogP contribution in [0.3, 0.4) is 0 Å². The van der Waals surface area contributed by atoms with Gasteiger partial charge in [0.05, 0.1) is 34.0 Å². The summed E-state index contributed by atoms with van der Waals surface area (Å²) < 4.78 is 28.1. The second-order valence-corrected chi connectivity index (χ2v) is 8.72. The largest absolute Gasteiger partial charge is 0.314 e. The third-order valence-electron chi connectivity index (χ3n) is 6.13. The summed E-state index contributed by atoms with van der Waals surface area (Å²) in [5.41, 5.74) is 4.76. The van der Waals surface area contributed by atoms with Crippen LogP contribution in [0.4, 0.5) is 8.78 Å². The molecule has 7 heteroatoms. The van der Waals surface area contributed by atoms with Crippen molar-refractivity contribution in [1.29, 1.82) is 0 Å². The van der Waals surface area contributed by atoms with Gasteiger partial charge in [0.15, 0.2) is 0 Å². The average Bonchev–Trinajstić information content (AvgIpc) is 3.30. The molecule has 1 saturated heterocycles. The van der Waals surface area contributed by atoms with Crippen molar-refractivity contribution < 1.29 is 8.78 Å². The van der Waals surface area contributed by atoms with Gasteiger partial charge < -0.3 is 5.32 Å². The Labute approximate surface area is 190 Å². The van der Waals surface area contributed by atoms with Crippen LogP contribution in [0, 0.1) is 11.6 Å². The van der Waals surface area contributed by atoms with E-state index in [0.717, 1.165) is 42.0 Å². The summed E-state index contributed by atoms with van der Waals surface area (Å²) in [4.78, 5) is 13.8. The van der Waals surface area contributed by atoms with Gasteiger partial charge in [-0.2, -0.15) is 0 Å². The smallest absolute Gasteiger partial charge is 0.144 e. The van der Waals surface area contributed by atoms with Gasteiger partial charge in [0.2, 0.25) is 0 Å². The minimum absolute atomic E-state index is 0.136. The lowest BCUT2D eigenvalue weighted by Gasteiger charge is -2.23. The van der Waals surface area contributed by atoms with E-state index in [2.05, 4.69) is 21.4 Å². The number of aromatic nitrogens is 2. The van der Waals surface area contributed by atoms with E-state index < -0.39 is 11.6 Å². The zero-order valence-electron chi connectivity index (χ0n) is 17.5. The van der Waals surface area contributed by atoms with Crippen LogP contribution in [0.15, 0.2) is 47.6 Å². The highest BCUT2D eigenvalue weighted by molar-refractivity contribution is 6.35. The van der Waals surface area contributed by atoms with Gasteiger partial charge in [-0.25, -0.2) is 13.8 Å². The second-order valence-electron chi connectivity index (χ2n) is 8.32. The fraction of sp³-hybridized carbons (Fsp3) is 0.320. The number of halogens is 3. The third kappa shape index (κ3) is 4.30. The van der Waals surface area contributed by atoms with Gasteiger partial charge in [-0.15, -0.1) is 0 Å². The van der Waals surface area contributed by atoms with Crippen molar-refractivity contribution >= 4 is 33.9 Å². The average molecular weight is 453 g/mol. The van der Waals surface area contributed by atoms with Crippen LogP contribution < -0.4 is 5.32 Å². The summed E-state index contributed by atoms with van der Waals surface area (Å²) in [5.74, 6) is -1.48. The minimum atomic E-state index is -0.789. The molecule has 0 amide bonds. The Morgan fingerprint density at radius 1 is 1.06 bits per heavy atom. The SMILES string of the molecule is Fc1cc(F)c(C2=NCC=C2c2ccc3ncc(CC[C@H]4CCCCN4)cc3n2)cc1Cl. The molecular weight excluding hydrogens is 430 g/mol. The van der Waals surface area contributed by atoms with Crippen LogP contribution in [0.1, 0.15) is 42.5 Å². The molecule has 1 atom stereocenters. The van der Waals surface area contributed by atoms with Crippen molar-refractivity contribution in [3.05, 3.63) is 76.1 Å². The van der Waals surface area contributed by atoms with Crippen LogP contribution >= 0.6 is 11.6 Å². The van der Waals surface area contributed by atoms with Crippen molar-refractivity contribution in [2.75, 3.05) is 13.1 Å². The molecule has 164 valence electrons. The number of hydrogen-bond acceptors (Lipinski definition) is 4. The van der Waals surface area contributed by atoms with Gasteiger partial charge in [-0.05, 0) is 62.1 Å². The highest BCUT2D eigenvalue weighted by atomic mass is 35.5. The number of fused-ring (bicyclic) bond motifs is 1. The Morgan fingerprint density at radius 2 is 1.97 bits per heavy atom. The molecule has 0 unspecified atom stereocenters. The van der Waals surface area contributed by atoms with Gasteiger partial charge in [-0.3, -0.25) is 9.98 Å². The fourth-order valence-electron chi connectivity index (χ4n) is 4.42. The van der Waals surface area contributed by atoms with Gasteiger partial charge in [-0.1, -0.05) is 24.1 Å². The van der Waals surface area contributed by atoms with Gasteiger partial charge in [0.25, 0.3) is 0 Å². The number of rotatable bonds is 5. The number of hydrogen-bond donors (Lipinski definition) is 1. The normalized spacial score (nSPS) is 18.7. The molecule has 3 aromatic rings. The molecular formula is C25H23ClF2N4. The van der Waals surface area contributed by atoms with Crippen molar-refractivity contribution in [3.8, 4) is 0 Å². The van der Waals surface area contributed by atoms with E-state index in [4.69, 9.17) is 16.6 Å². The molecule has 1 N–H and O–H groups in total. The molecule has 0 spiro atoms. The number of nitrogens with one attached hydrogen (secondary N) is 1. The van der Waals surface area contributed by atoms with Crippen LogP contribution in [0.25, 0.3) is 16.6 Å². The Hall–Kier alpha value is -2.70. The zero-order chi connectivity index (χ0) is 22.1. The number of allylic oxidation sites excluding steroid dienone is 1. The summed E-state index contributed by atoms with van der Waals surface area (Å²) in [6.45, 7) is 1.51. The molecule has 4 heterocycles. The fourth-order valence-corrected chi connectivity index (χ4v) is 4.58. The monoisotopic (exact) mass is 452 g/mol. The van der Waals surface area contributed by atoms with Gasteiger partial charge in [0, 0.05) is 29.4 Å². The van der Waals surface area contributed by atoms with E-state index in [1.807, 2.05) is 24.4 Å². The molecule has 5 rings (SSSR count). The maximum absolute atomic E-state index is 14.5. The summed E-state index contributed by atoms with van der Waals surface area (Å²) in [6, 6.07) is 8.49. The maximum Gasteiger partial charge on any atom is 0.144 e. The molecule has 0 aliphatic carbocycles. The van der Waals surface area contributed by atoms with Crippen molar-refractivity contribution in [1.82, 2.24) is 15.3 Å². The summed E-state index contributed by atoms with van der Waals surface area (Å²) >= 11 is 5.89. The summed E-state index contributed by atoms with van der Waals surface area (Å²) in [6.07, 6.45) is 9.62. The molecule has 4 nitrogen and oxygen atoms in total. The number of piperidine rings is 1. The van der Waals surface area contributed by atoms with E-state index in [9.17, 15) is 8.78 Å². The van der Waals surface area contributed by atoms with Crippen molar-refractivity contribution in [3.63, 3.8) is 0 Å². The first-order chi connectivity index (χ1) is 15.6. The first-order valence-electron chi connectivity index (χ1n) is 11.0. The lowest BCUT2D eigenvalue weighted by Crippen LogP contribution is -2.34. The molecule has 1 aromatic carbocycles. The third-order valence-corrected chi connectivity index (χ3v) is 6.42. The van der Waals surface area contributed by atoms with Gasteiger partial charge in [0.1, 0.15) is 11.6 Å². The predicted octanol–water partition coefficient (Wildman–Crippen LogP) is 5.52. The first kappa shape index (κ1) is 21.2. The lowest BCUT2D eigenvalue weighted by atomic mass is 9.98. The second kappa shape index (κ2) is 9.04. The maximum atomic E-state index is 14.5. The molecule has 2 aliphatic heterocycles. The Kier molecular flexibility index (Phi) is 5.98. The highest BCUT2D eigenvalue weighted by Gasteiger charge is 2.22.